The fourth-order valence-corrected chi connectivity index (χ4v) is 1.78. The molecule has 6 heteroatoms. The third kappa shape index (κ3) is 7.12. The molecule has 0 aromatic rings. The minimum absolute atomic E-state index is 0.246. The molecule has 0 fully saturated rings. The Bertz CT molecular complexity index is 270. The van der Waals surface area contributed by atoms with E-state index in [0.29, 0.717) is 32.7 Å². The Kier molecular flexibility index (Phi) is 10.1. The number of hydrogen-bond acceptors (Lipinski definition) is 6. The molecule has 112 valence electrons. The molecule has 0 N–H and O–H groups in total. The minimum atomic E-state index is -0.347. The molecule has 0 bridgehead atoms. The molecule has 0 rings (SSSR count). The van der Waals surface area contributed by atoms with Gasteiger partial charge in [-0.25, -0.2) is 0 Å². The van der Waals surface area contributed by atoms with E-state index in [9.17, 15) is 9.59 Å². The number of hydrogen-bond donors (Lipinski definition) is 0. The molecule has 0 heterocycles. The van der Waals surface area contributed by atoms with Crippen LogP contribution in [-0.2, 0) is 23.8 Å². The Morgan fingerprint density at radius 2 is 1.84 bits per heavy atom. The molecule has 0 amide bonds. The summed E-state index contributed by atoms with van der Waals surface area (Å²) in [5.41, 5.74) is 0. The second kappa shape index (κ2) is 10.8. The highest BCUT2D eigenvalue weighted by atomic mass is 16.5. The smallest absolute Gasteiger partial charge is 0.323 e. The summed E-state index contributed by atoms with van der Waals surface area (Å²) in [6, 6.07) is -0.347. The van der Waals surface area contributed by atoms with Gasteiger partial charge in [-0.05, 0) is 13.3 Å². The number of esters is 2. The summed E-state index contributed by atoms with van der Waals surface area (Å²) in [7, 11) is 2.95. The van der Waals surface area contributed by atoms with Crippen LogP contribution in [0.25, 0.3) is 0 Å². The number of carbonyl (C=O) groups is 2. The number of carbonyl (C=O) groups excluding carboxylic acids is 2. The highest BCUT2D eigenvalue weighted by Crippen LogP contribution is 2.08. The van der Waals surface area contributed by atoms with Crippen molar-refractivity contribution in [2.45, 2.75) is 32.7 Å². The second-order valence-electron chi connectivity index (χ2n) is 4.03. The van der Waals surface area contributed by atoms with Crippen LogP contribution in [0.1, 0.15) is 26.7 Å². The van der Waals surface area contributed by atoms with Gasteiger partial charge in [0.1, 0.15) is 6.04 Å². The molecule has 0 saturated carbocycles. The molecule has 0 aliphatic rings. The van der Waals surface area contributed by atoms with Gasteiger partial charge in [0.15, 0.2) is 0 Å². The molecular formula is C13H25NO5. The minimum Gasteiger partial charge on any atom is -0.469 e. The van der Waals surface area contributed by atoms with Crippen molar-refractivity contribution < 1.29 is 23.8 Å². The number of rotatable bonds is 10. The van der Waals surface area contributed by atoms with Gasteiger partial charge in [0.05, 0.1) is 26.7 Å². The molecule has 1 unspecified atom stereocenters. The largest absolute Gasteiger partial charge is 0.469 e. The molecular weight excluding hydrogens is 250 g/mol. The lowest BCUT2D eigenvalue weighted by Crippen LogP contribution is -2.44. The Balaban J connectivity index is 4.57. The van der Waals surface area contributed by atoms with E-state index in [1.54, 1.807) is 14.0 Å². The van der Waals surface area contributed by atoms with Crippen LogP contribution in [0.4, 0.5) is 0 Å². The van der Waals surface area contributed by atoms with Crippen LogP contribution in [0.5, 0.6) is 0 Å². The van der Waals surface area contributed by atoms with Crippen molar-refractivity contribution in [1.82, 2.24) is 4.90 Å². The van der Waals surface area contributed by atoms with Crippen molar-refractivity contribution in [2.24, 2.45) is 0 Å². The average Bonchev–Trinajstić information content (AvgIpc) is 2.41. The van der Waals surface area contributed by atoms with E-state index < -0.39 is 0 Å². The van der Waals surface area contributed by atoms with Gasteiger partial charge < -0.3 is 14.2 Å². The molecule has 0 aliphatic heterocycles. The van der Waals surface area contributed by atoms with Crippen LogP contribution in [-0.4, -0.2) is 63.4 Å². The lowest BCUT2D eigenvalue weighted by Gasteiger charge is -2.28. The molecule has 19 heavy (non-hydrogen) atoms. The summed E-state index contributed by atoms with van der Waals surface area (Å²) < 4.78 is 14.7. The zero-order chi connectivity index (χ0) is 14.7. The Labute approximate surface area is 115 Å². The van der Waals surface area contributed by atoms with Crippen LogP contribution >= 0.6 is 0 Å². The molecule has 0 aliphatic carbocycles. The van der Waals surface area contributed by atoms with Gasteiger partial charge in [0, 0.05) is 20.2 Å². The van der Waals surface area contributed by atoms with Gasteiger partial charge in [-0.1, -0.05) is 6.92 Å². The van der Waals surface area contributed by atoms with Crippen molar-refractivity contribution in [1.29, 1.82) is 0 Å². The van der Waals surface area contributed by atoms with Gasteiger partial charge in [0.2, 0.25) is 0 Å². The lowest BCUT2D eigenvalue weighted by molar-refractivity contribution is -0.151. The Hall–Kier alpha value is -1.14. The van der Waals surface area contributed by atoms with Crippen LogP contribution in [0.3, 0.4) is 0 Å². The Morgan fingerprint density at radius 3 is 2.32 bits per heavy atom. The topological polar surface area (TPSA) is 65.1 Å². The maximum absolute atomic E-state index is 11.9. The molecule has 0 saturated heterocycles. The monoisotopic (exact) mass is 275 g/mol. The highest BCUT2D eigenvalue weighted by Gasteiger charge is 2.25. The fraction of sp³-hybridized carbons (Fsp3) is 0.846. The van der Waals surface area contributed by atoms with Crippen LogP contribution in [0.15, 0.2) is 0 Å². The fourth-order valence-electron chi connectivity index (χ4n) is 1.78. The van der Waals surface area contributed by atoms with E-state index in [2.05, 4.69) is 4.74 Å². The SMILES string of the molecule is CCOC(=O)C(CC)N(CCOC)CCC(=O)OC. The van der Waals surface area contributed by atoms with Crippen molar-refractivity contribution >= 4 is 11.9 Å². The molecule has 0 radical (unpaired) electrons. The first-order valence-electron chi connectivity index (χ1n) is 6.57. The van der Waals surface area contributed by atoms with Gasteiger partial charge in [0.25, 0.3) is 0 Å². The van der Waals surface area contributed by atoms with E-state index in [4.69, 9.17) is 9.47 Å². The average molecular weight is 275 g/mol. The molecule has 6 nitrogen and oxygen atoms in total. The first kappa shape index (κ1) is 17.9. The van der Waals surface area contributed by atoms with E-state index in [1.807, 2.05) is 11.8 Å². The molecule has 0 aromatic heterocycles. The van der Waals surface area contributed by atoms with Crippen LogP contribution < -0.4 is 0 Å². The quantitative estimate of drug-likeness (QED) is 0.550. The van der Waals surface area contributed by atoms with Gasteiger partial charge in [-0.3, -0.25) is 14.5 Å². The van der Waals surface area contributed by atoms with Crippen molar-refractivity contribution in [3.63, 3.8) is 0 Å². The van der Waals surface area contributed by atoms with Gasteiger partial charge >= 0.3 is 11.9 Å². The predicted octanol–water partition coefficient (Wildman–Crippen LogP) is 0.840. The summed E-state index contributed by atoms with van der Waals surface area (Å²) in [5.74, 6) is -0.549. The van der Waals surface area contributed by atoms with Crippen molar-refractivity contribution in [3.8, 4) is 0 Å². The summed E-state index contributed by atoms with van der Waals surface area (Å²) in [4.78, 5) is 25.0. The summed E-state index contributed by atoms with van der Waals surface area (Å²) >= 11 is 0. The van der Waals surface area contributed by atoms with E-state index in [0.717, 1.165) is 0 Å². The molecule has 0 aromatic carbocycles. The Morgan fingerprint density at radius 1 is 1.16 bits per heavy atom. The van der Waals surface area contributed by atoms with Crippen molar-refractivity contribution in [2.75, 3.05) is 40.5 Å². The summed E-state index contributed by atoms with van der Waals surface area (Å²) in [6.07, 6.45) is 0.875. The summed E-state index contributed by atoms with van der Waals surface area (Å²) in [5, 5.41) is 0. The third-order valence-electron chi connectivity index (χ3n) is 2.80. The normalized spacial score (nSPS) is 12.3. The number of methoxy groups -OCH3 is 2. The van der Waals surface area contributed by atoms with E-state index >= 15 is 0 Å². The van der Waals surface area contributed by atoms with Crippen LogP contribution in [0, 0.1) is 0 Å². The maximum Gasteiger partial charge on any atom is 0.323 e. The maximum atomic E-state index is 11.9. The van der Waals surface area contributed by atoms with Gasteiger partial charge in [-0.15, -0.1) is 0 Å². The zero-order valence-corrected chi connectivity index (χ0v) is 12.3. The summed E-state index contributed by atoms with van der Waals surface area (Å²) in [6.45, 7) is 5.57. The highest BCUT2D eigenvalue weighted by molar-refractivity contribution is 5.76. The standard InChI is InChI=1S/C13H25NO5/c1-5-11(13(16)19-6-2)14(9-10-17-3)8-7-12(15)18-4/h11H,5-10H2,1-4H3. The second-order valence-corrected chi connectivity index (χ2v) is 4.03. The van der Waals surface area contributed by atoms with E-state index in [-0.39, 0.29) is 24.4 Å². The van der Waals surface area contributed by atoms with Crippen molar-refractivity contribution in [3.05, 3.63) is 0 Å². The molecule has 0 spiro atoms. The van der Waals surface area contributed by atoms with E-state index in [1.165, 1.54) is 7.11 Å². The van der Waals surface area contributed by atoms with Gasteiger partial charge in [-0.2, -0.15) is 0 Å². The van der Waals surface area contributed by atoms with Crippen LogP contribution in [0.2, 0.25) is 0 Å². The molecule has 1 atom stereocenters. The first-order chi connectivity index (χ1) is 9.10. The zero-order valence-electron chi connectivity index (χ0n) is 12.3. The number of ether oxygens (including phenoxy) is 3. The third-order valence-corrected chi connectivity index (χ3v) is 2.80. The lowest BCUT2D eigenvalue weighted by atomic mass is 10.2. The first-order valence-corrected chi connectivity index (χ1v) is 6.57. The predicted molar refractivity (Wildman–Crippen MR) is 70.8 cm³/mol. The number of nitrogens with zero attached hydrogens (tertiary/aromatic N) is 1.